The number of benzene rings is 1. The van der Waals surface area contributed by atoms with E-state index in [4.69, 9.17) is 0 Å². The van der Waals surface area contributed by atoms with Gasteiger partial charge >= 0.3 is 0 Å². The standard InChI is InChI=1S/C14H13NOS/c16-14(9-11-5-7-15-8-6-11)13-3-1-12(10-17)2-4-13/h1-8,17H,9-10H2. The van der Waals surface area contributed by atoms with Crippen molar-refractivity contribution >= 4 is 18.4 Å². The molecule has 2 nitrogen and oxygen atoms in total. The second-order valence-corrected chi connectivity index (χ2v) is 4.13. The van der Waals surface area contributed by atoms with Crippen LogP contribution in [0.2, 0.25) is 0 Å². The maximum absolute atomic E-state index is 12.0. The van der Waals surface area contributed by atoms with Crippen molar-refractivity contribution in [3.8, 4) is 0 Å². The molecule has 1 heterocycles. The SMILES string of the molecule is O=C(Cc1ccncc1)c1ccc(CS)cc1. The van der Waals surface area contributed by atoms with E-state index in [-0.39, 0.29) is 5.78 Å². The van der Waals surface area contributed by atoms with E-state index in [0.717, 1.165) is 16.7 Å². The van der Waals surface area contributed by atoms with Crippen LogP contribution in [0.1, 0.15) is 21.5 Å². The molecule has 2 rings (SSSR count). The molecule has 0 saturated heterocycles. The number of carbonyl (C=O) groups excluding carboxylic acids is 1. The number of pyridine rings is 1. The van der Waals surface area contributed by atoms with Crippen molar-refractivity contribution in [2.45, 2.75) is 12.2 Å². The van der Waals surface area contributed by atoms with Crippen LogP contribution in [0, 0.1) is 0 Å². The quantitative estimate of drug-likeness (QED) is 0.661. The van der Waals surface area contributed by atoms with Gasteiger partial charge in [0.2, 0.25) is 0 Å². The first-order chi connectivity index (χ1) is 8.29. The molecule has 86 valence electrons. The lowest BCUT2D eigenvalue weighted by Crippen LogP contribution is -2.03. The molecule has 2 aromatic rings. The minimum absolute atomic E-state index is 0.127. The van der Waals surface area contributed by atoms with E-state index in [1.165, 1.54) is 0 Å². The lowest BCUT2D eigenvalue weighted by Gasteiger charge is -2.02. The molecular weight excluding hydrogens is 230 g/mol. The third-order valence-corrected chi connectivity index (χ3v) is 2.94. The maximum atomic E-state index is 12.0. The van der Waals surface area contributed by atoms with Crippen molar-refractivity contribution in [3.05, 3.63) is 65.5 Å². The molecule has 0 fully saturated rings. The van der Waals surface area contributed by atoms with Gasteiger partial charge < -0.3 is 0 Å². The fourth-order valence-electron chi connectivity index (χ4n) is 1.58. The highest BCUT2D eigenvalue weighted by atomic mass is 32.1. The van der Waals surface area contributed by atoms with E-state index in [2.05, 4.69) is 17.6 Å². The highest BCUT2D eigenvalue weighted by Crippen LogP contribution is 2.10. The van der Waals surface area contributed by atoms with Gasteiger partial charge in [0.1, 0.15) is 0 Å². The largest absolute Gasteiger partial charge is 0.294 e. The van der Waals surface area contributed by atoms with Crippen molar-refractivity contribution in [1.29, 1.82) is 0 Å². The first kappa shape index (κ1) is 11.9. The van der Waals surface area contributed by atoms with Crippen molar-refractivity contribution < 1.29 is 4.79 Å². The average Bonchev–Trinajstić information content (AvgIpc) is 2.40. The minimum Gasteiger partial charge on any atom is -0.294 e. The minimum atomic E-state index is 0.127. The Bertz CT molecular complexity index is 493. The molecule has 1 aromatic heterocycles. The number of rotatable bonds is 4. The normalized spacial score (nSPS) is 10.2. The second-order valence-electron chi connectivity index (χ2n) is 3.81. The second kappa shape index (κ2) is 5.64. The highest BCUT2D eigenvalue weighted by Gasteiger charge is 2.06. The van der Waals surface area contributed by atoms with Crippen LogP contribution in [0.5, 0.6) is 0 Å². The first-order valence-electron chi connectivity index (χ1n) is 5.41. The molecule has 17 heavy (non-hydrogen) atoms. The molecule has 0 spiro atoms. The maximum Gasteiger partial charge on any atom is 0.167 e. The van der Waals surface area contributed by atoms with E-state index < -0.39 is 0 Å². The summed E-state index contributed by atoms with van der Waals surface area (Å²) in [6.07, 6.45) is 3.82. The van der Waals surface area contributed by atoms with Crippen LogP contribution in [-0.2, 0) is 12.2 Å². The molecule has 0 aliphatic rings. The molecule has 0 aliphatic heterocycles. The zero-order chi connectivity index (χ0) is 12.1. The van der Waals surface area contributed by atoms with Crippen molar-refractivity contribution in [2.75, 3.05) is 0 Å². The molecule has 0 aliphatic carbocycles. The van der Waals surface area contributed by atoms with Gasteiger partial charge in [0, 0.05) is 30.1 Å². The summed E-state index contributed by atoms with van der Waals surface area (Å²) in [4.78, 5) is 15.9. The fourth-order valence-corrected chi connectivity index (χ4v) is 1.79. The van der Waals surface area contributed by atoms with E-state index in [9.17, 15) is 4.79 Å². The van der Waals surface area contributed by atoms with Gasteiger partial charge in [-0.2, -0.15) is 12.6 Å². The number of hydrogen-bond acceptors (Lipinski definition) is 3. The Kier molecular flexibility index (Phi) is 3.94. The Balaban J connectivity index is 2.09. The summed E-state index contributed by atoms with van der Waals surface area (Å²) in [5, 5.41) is 0. The molecular formula is C14H13NOS. The van der Waals surface area contributed by atoms with Crippen molar-refractivity contribution in [1.82, 2.24) is 4.98 Å². The number of ketones is 1. The lowest BCUT2D eigenvalue weighted by molar-refractivity contribution is 0.0993. The van der Waals surface area contributed by atoms with Gasteiger partial charge in [-0.25, -0.2) is 0 Å². The van der Waals surface area contributed by atoms with E-state index in [1.807, 2.05) is 36.4 Å². The van der Waals surface area contributed by atoms with Crippen molar-refractivity contribution in [2.24, 2.45) is 0 Å². The summed E-state index contributed by atoms with van der Waals surface area (Å²) >= 11 is 4.18. The molecule has 0 amide bonds. The zero-order valence-corrected chi connectivity index (χ0v) is 10.2. The summed E-state index contributed by atoms with van der Waals surface area (Å²) in [7, 11) is 0. The Morgan fingerprint density at radius 1 is 1.00 bits per heavy atom. The number of aromatic nitrogens is 1. The zero-order valence-electron chi connectivity index (χ0n) is 9.34. The number of carbonyl (C=O) groups is 1. The molecule has 0 atom stereocenters. The molecule has 3 heteroatoms. The Morgan fingerprint density at radius 3 is 2.24 bits per heavy atom. The number of Topliss-reactive ketones (excluding diaryl/α,β-unsaturated/α-hetero) is 1. The number of nitrogens with zero attached hydrogens (tertiary/aromatic N) is 1. The van der Waals surface area contributed by atoms with Crippen LogP contribution >= 0.6 is 12.6 Å². The molecule has 0 radical (unpaired) electrons. The van der Waals surface area contributed by atoms with Crippen LogP contribution in [0.4, 0.5) is 0 Å². The molecule has 0 bridgehead atoms. The van der Waals surface area contributed by atoms with Gasteiger partial charge in [-0.1, -0.05) is 24.3 Å². The molecule has 0 saturated carbocycles. The summed E-state index contributed by atoms with van der Waals surface area (Å²) in [6.45, 7) is 0. The average molecular weight is 243 g/mol. The third kappa shape index (κ3) is 3.17. The van der Waals surface area contributed by atoms with Crippen LogP contribution < -0.4 is 0 Å². The van der Waals surface area contributed by atoms with Gasteiger partial charge in [-0.15, -0.1) is 0 Å². The van der Waals surface area contributed by atoms with Crippen LogP contribution in [0.25, 0.3) is 0 Å². The van der Waals surface area contributed by atoms with Gasteiger partial charge in [-0.05, 0) is 23.3 Å². The first-order valence-corrected chi connectivity index (χ1v) is 6.05. The van der Waals surface area contributed by atoms with Crippen LogP contribution in [0.15, 0.2) is 48.8 Å². The Labute approximate surface area is 106 Å². The Morgan fingerprint density at radius 2 is 1.65 bits per heavy atom. The van der Waals surface area contributed by atoms with Gasteiger partial charge in [-0.3, -0.25) is 9.78 Å². The predicted octanol–water partition coefficient (Wildman–Crippen LogP) is 2.94. The lowest BCUT2D eigenvalue weighted by atomic mass is 10.0. The van der Waals surface area contributed by atoms with E-state index in [1.54, 1.807) is 12.4 Å². The molecule has 0 unspecified atom stereocenters. The van der Waals surface area contributed by atoms with Crippen molar-refractivity contribution in [3.63, 3.8) is 0 Å². The summed E-state index contributed by atoms with van der Waals surface area (Å²) < 4.78 is 0. The predicted molar refractivity (Wildman–Crippen MR) is 71.4 cm³/mol. The third-order valence-electron chi connectivity index (χ3n) is 2.57. The Hall–Kier alpha value is -1.61. The van der Waals surface area contributed by atoms with E-state index >= 15 is 0 Å². The highest BCUT2D eigenvalue weighted by molar-refractivity contribution is 7.79. The van der Waals surface area contributed by atoms with Crippen LogP contribution in [0.3, 0.4) is 0 Å². The summed E-state index contributed by atoms with van der Waals surface area (Å²) in [6, 6.07) is 11.3. The number of thiol groups is 1. The van der Waals surface area contributed by atoms with Crippen LogP contribution in [-0.4, -0.2) is 10.8 Å². The molecule has 1 aromatic carbocycles. The summed E-state index contributed by atoms with van der Waals surface area (Å²) in [5.74, 6) is 0.820. The van der Waals surface area contributed by atoms with Gasteiger partial charge in [0.05, 0.1) is 0 Å². The summed E-state index contributed by atoms with van der Waals surface area (Å²) in [5.41, 5.74) is 2.85. The fraction of sp³-hybridized carbons (Fsp3) is 0.143. The smallest absolute Gasteiger partial charge is 0.167 e. The van der Waals surface area contributed by atoms with Gasteiger partial charge in [0.25, 0.3) is 0 Å². The molecule has 0 N–H and O–H groups in total. The topological polar surface area (TPSA) is 30.0 Å². The monoisotopic (exact) mass is 243 g/mol. The number of hydrogen-bond donors (Lipinski definition) is 1. The van der Waals surface area contributed by atoms with E-state index in [0.29, 0.717) is 12.2 Å². The van der Waals surface area contributed by atoms with Gasteiger partial charge in [0.15, 0.2) is 5.78 Å².